The highest BCUT2D eigenvalue weighted by Gasteiger charge is 2.29. The molecule has 2 saturated heterocycles. The number of likely N-dealkylation sites (N-methyl/N-ethyl adjacent to an activating group) is 1. The molecular formula is C18H23N3O4S. The predicted molar refractivity (Wildman–Crippen MR) is 103 cm³/mol. The Labute approximate surface area is 157 Å². The van der Waals surface area contributed by atoms with Crippen molar-refractivity contribution in [1.82, 2.24) is 10.2 Å². The van der Waals surface area contributed by atoms with Crippen molar-refractivity contribution in [3.05, 3.63) is 22.6 Å². The molecule has 8 heteroatoms. The lowest BCUT2D eigenvalue weighted by atomic mass is 10.1. The van der Waals surface area contributed by atoms with Gasteiger partial charge in [-0.15, -0.1) is 0 Å². The van der Waals surface area contributed by atoms with Gasteiger partial charge in [0, 0.05) is 36.4 Å². The van der Waals surface area contributed by atoms with E-state index >= 15 is 0 Å². The molecule has 2 fully saturated rings. The smallest absolute Gasteiger partial charge is 0.290 e. The summed E-state index contributed by atoms with van der Waals surface area (Å²) >= 11 is 0.911. The number of nitrogens with one attached hydrogen (secondary N) is 1. The van der Waals surface area contributed by atoms with Crippen molar-refractivity contribution in [2.45, 2.75) is 12.5 Å². The summed E-state index contributed by atoms with van der Waals surface area (Å²) < 4.78 is 10.9. The highest BCUT2D eigenvalue weighted by atomic mass is 32.2. The standard InChI is InChI=1S/C18H23N3O4S/c1-20(2)12-5-6-21(10-12)13-9-15(25-4)14(24-3)7-11(13)8-16-17(22)19-18(23)26-16/h7-9,12H,5-6,10H2,1-4H3,(H,19,22,23)/b16-8-/t12-/m1/s1. The summed E-state index contributed by atoms with van der Waals surface area (Å²) in [5.74, 6) is 0.854. The first-order valence-corrected chi connectivity index (χ1v) is 9.16. The summed E-state index contributed by atoms with van der Waals surface area (Å²) in [7, 11) is 7.34. The first-order chi connectivity index (χ1) is 12.4. The van der Waals surface area contributed by atoms with Gasteiger partial charge in [0.1, 0.15) is 0 Å². The number of carbonyl (C=O) groups is 2. The Hall–Kier alpha value is -2.19. The van der Waals surface area contributed by atoms with E-state index in [0.29, 0.717) is 22.4 Å². The molecule has 1 aromatic rings. The lowest BCUT2D eigenvalue weighted by Crippen LogP contribution is -2.31. The molecule has 2 aliphatic rings. The molecule has 0 unspecified atom stereocenters. The number of ether oxygens (including phenoxy) is 2. The van der Waals surface area contributed by atoms with Gasteiger partial charge in [-0.05, 0) is 44.4 Å². The van der Waals surface area contributed by atoms with E-state index in [1.54, 1.807) is 20.3 Å². The van der Waals surface area contributed by atoms with Gasteiger partial charge in [0.25, 0.3) is 11.1 Å². The highest BCUT2D eigenvalue weighted by Crippen LogP contribution is 2.39. The largest absolute Gasteiger partial charge is 0.493 e. The molecule has 3 rings (SSSR count). The molecule has 0 aromatic heterocycles. The van der Waals surface area contributed by atoms with Crippen LogP contribution in [0, 0.1) is 0 Å². The third-order valence-corrected chi connectivity index (χ3v) is 5.51. The minimum absolute atomic E-state index is 0.350. The SMILES string of the molecule is COc1cc(/C=C2\SC(=O)NC2=O)c(N2CC[C@@H](N(C)C)C2)cc1OC. The van der Waals surface area contributed by atoms with Crippen LogP contribution < -0.4 is 19.7 Å². The van der Waals surface area contributed by atoms with Gasteiger partial charge in [0.2, 0.25) is 0 Å². The molecule has 0 radical (unpaired) electrons. The monoisotopic (exact) mass is 377 g/mol. The molecule has 140 valence electrons. The van der Waals surface area contributed by atoms with Crippen LogP contribution in [0.4, 0.5) is 10.5 Å². The second-order valence-corrected chi connectivity index (χ2v) is 7.49. The minimum atomic E-state index is -0.367. The molecule has 2 heterocycles. The van der Waals surface area contributed by atoms with Crippen molar-refractivity contribution in [3.63, 3.8) is 0 Å². The third kappa shape index (κ3) is 3.66. The Morgan fingerprint density at radius 3 is 2.46 bits per heavy atom. The van der Waals surface area contributed by atoms with E-state index in [1.165, 1.54) is 0 Å². The third-order valence-electron chi connectivity index (χ3n) is 4.70. The minimum Gasteiger partial charge on any atom is -0.493 e. The number of hydrogen-bond acceptors (Lipinski definition) is 7. The maximum atomic E-state index is 11.9. The summed E-state index contributed by atoms with van der Waals surface area (Å²) in [5, 5.41) is 1.94. The van der Waals surface area contributed by atoms with E-state index in [-0.39, 0.29) is 11.1 Å². The average Bonchev–Trinajstić information content (AvgIpc) is 3.21. The summed E-state index contributed by atoms with van der Waals surface area (Å²) in [6, 6.07) is 4.25. The van der Waals surface area contributed by atoms with E-state index in [0.717, 1.165) is 42.5 Å². The Morgan fingerprint density at radius 2 is 1.92 bits per heavy atom. The van der Waals surface area contributed by atoms with Crippen molar-refractivity contribution in [2.24, 2.45) is 0 Å². The predicted octanol–water partition coefficient (Wildman–Crippen LogP) is 2.17. The lowest BCUT2D eigenvalue weighted by Gasteiger charge is -2.24. The number of rotatable bonds is 5. The molecule has 0 bridgehead atoms. The number of benzene rings is 1. The molecule has 0 saturated carbocycles. The van der Waals surface area contributed by atoms with Gasteiger partial charge in [0.05, 0.1) is 19.1 Å². The zero-order chi connectivity index (χ0) is 18.8. The molecule has 1 N–H and O–H groups in total. The molecule has 2 aliphatic heterocycles. The highest BCUT2D eigenvalue weighted by molar-refractivity contribution is 8.18. The number of nitrogens with zero attached hydrogens (tertiary/aromatic N) is 2. The second kappa shape index (κ2) is 7.59. The van der Waals surface area contributed by atoms with E-state index in [9.17, 15) is 9.59 Å². The molecule has 0 spiro atoms. The second-order valence-electron chi connectivity index (χ2n) is 6.47. The van der Waals surface area contributed by atoms with Crippen molar-refractivity contribution in [3.8, 4) is 11.5 Å². The van der Waals surface area contributed by atoms with Gasteiger partial charge < -0.3 is 19.3 Å². The van der Waals surface area contributed by atoms with Crippen LogP contribution in [0.3, 0.4) is 0 Å². The Balaban J connectivity index is 2.03. The van der Waals surface area contributed by atoms with Gasteiger partial charge in [-0.2, -0.15) is 0 Å². The maximum absolute atomic E-state index is 11.9. The summed E-state index contributed by atoms with van der Waals surface area (Å²) in [5.41, 5.74) is 1.79. The zero-order valence-corrected chi connectivity index (χ0v) is 16.2. The maximum Gasteiger partial charge on any atom is 0.290 e. The number of carbonyl (C=O) groups excluding carboxylic acids is 2. The number of imide groups is 1. The van der Waals surface area contributed by atoms with E-state index in [1.807, 2.05) is 12.1 Å². The van der Waals surface area contributed by atoms with Gasteiger partial charge >= 0.3 is 0 Å². The molecule has 26 heavy (non-hydrogen) atoms. The Morgan fingerprint density at radius 1 is 1.23 bits per heavy atom. The number of amides is 2. The van der Waals surface area contributed by atoms with Crippen LogP contribution in [0.25, 0.3) is 6.08 Å². The summed E-state index contributed by atoms with van der Waals surface area (Å²) in [4.78, 5) is 28.3. The fourth-order valence-corrected chi connectivity index (χ4v) is 3.89. The molecule has 1 atom stereocenters. The van der Waals surface area contributed by atoms with Crippen LogP contribution in [-0.4, -0.2) is 63.5 Å². The van der Waals surface area contributed by atoms with Crippen molar-refractivity contribution >= 4 is 34.7 Å². The molecular weight excluding hydrogens is 354 g/mol. The lowest BCUT2D eigenvalue weighted by molar-refractivity contribution is -0.115. The Kier molecular flexibility index (Phi) is 5.43. The molecule has 0 aliphatic carbocycles. The number of hydrogen-bond donors (Lipinski definition) is 1. The fraction of sp³-hybridized carbons (Fsp3) is 0.444. The molecule has 7 nitrogen and oxygen atoms in total. The first-order valence-electron chi connectivity index (χ1n) is 8.35. The van der Waals surface area contributed by atoms with Gasteiger partial charge in [-0.25, -0.2) is 0 Å². The number of anilines is 1. The van der Waals surface area contributed by atoms with Crippen LogP contribution in [-0.2, 0) is 4.79 Å². The van der Waals surface area contributed by atoms with Gasteiger partial charge in [-0.1, -0.05) is 0 Å². The van der Waals surface area contributed by atoms with E-state index < -0.39 is 0 Å². The average molecular weight is 377 g/mol. The van der Waals surface area contributed by atoms with Crippen LogP contribution in [0.15, 0.2) is 17.0 Å². The van der Waals surface area contributed by atoms with E-state index in [2.05, 4.69) is 29.2 Å². The quantitative estimate of drug-likeness (QED) is 0.789. The van der Waals surface area contributed by atoms with Gasteiger partial charge in [-0.3, -0.25) is 14.9 Å². The normalized spacial score (nSPS) is 21.7. The van der Waals surface area contributed by atoms with Crippen LogP contribution in [0.5, 0.6) is 11.5 Å². The Bertz CT molecular complexity index is 763. The summed E-state index contributed by atoms with van der Waals surface area (Å²) in [6.45, 7) is 1.80. The summed E-state index contributed by atoms with van der Waals surface area (Å²) in [6.07, 6.45) is 2.80. The van der Waals surface area contributed by atoms with Crippen molar-refractivity contribution in [1.29, 1.82) is 0 Å². The first kappa shape index (κ1) is 18.6. The van der Waals surface area contributed by atoms with Crippen molar-refractivity contribution < 1.29 is 19.1 Å². The number of methoxy groups -OCH3 is 2. The van der Waals surface area contributed by atoms with Crippen LogP contribution in [0.1, 0.15) is 12.0 Å². The molecule has 2 amide bonds. The topological polar surface area (TPSA) is 71.1 Å². The van der Waals surface area contributed by atoms with Crippen LogP contribution >= 0.6 is 11.8 Å². The number of thioether (sulfide) groups is 1. The van der Waals surface area contributed by atoms with Crippen LogP contribution in [0.2, 0.25) is 0 Å². The zero-order valence-electron chi connectivity index (χ0n) is 15.4. The van der Waals surface area contributed by atoms with E-state index in [4.69, 9.17) is 9.47 Å². The molecule has 1 aromatic carbocycles. The van der Waals surface area contributed by atoms with Gasteiger partial charge in [0.15, 0.2) is 11.5 Å². The fourth-order valence-electron chi connectivity index (χ4n) is 3.22. The van der Waals surface area contributed by atoms with Crippen molar-refractivity contribution in [2.75, 3.05) is 46.3 Å².